The highest BCUT2D eigenvalue weighted by Gasteiger charge is 2.16. The Morgan fingerprint density at radius 2 is 2.00 bits per heavy atom. The molecule has 0 spiro atoms. The number of furan rings is 1. The van der Waals surface area contributed by atoms with Crippen molar-refractivity contribution < 1.29 is 9.15 Å². The summed E-state index contributed by atoms with van der Waals surface area (Å²) in [5.74, 6) is 0.704. The fourth-order valence-corrected chi connectivity index (χ4v) is 2.75. The molecule has 4 heteroatoms. The molecule has 0 aliphatic rings. The Morgan fingerprint density at radius 1 is 1.18 bits per heavy atom. The molecule has 0 bridgehead atoms. The first-order chi connectivity index (χ1) is 8.22. The van der Waals surface area contributed by atoms with Gasteiger partial charge in [-0.1, -0.05) is 33.6 Å². The summed E-state index contributed by atoms with van der Waals surface area (Å²) in [5, 5.41) is 2.54. The van der Waals surface area contributed by atoms with Crippen molar-refractivity contribution in [1.82, 2.24) is 0 Å². The number of rotatable bonds is 1. The van der Waals surface area contributed by atoms with E-state index in [2.05, 4.69) is 15.9 Å². The first-order valence-electron chi connectivity index (χ1n) is 5.05. The van der Waals surface area contributed by atoms with Gasteiger partial charge in [0.1, 0.15) is 5.58 Å². The normalized spacial score (nSPS) is 11.2. The van der Waals surface area contributed by atoms with E-state index in [0.29, 0.717) is 16.4 Å². The summed E-state index contributed by atoms with van der Waals surface area (Å²) in [4.78, 5) is 0. The molecule has 0 N–H and O–H groups in total. The molecule has 86 valence electrons. The third kappa shape index (κ3) is 1.53. The third-order valence-corrected chi connectivity index (χ3v) is 3.70. The number of halogens is 2. The Balaban J connectivity index is 2.61. The Morgan fingerprint density at radius 3 is 2.76 bits per heavy atom. The molecule has 1 heterocycles. The maximum Gasteiger partial charge on any atom is 0.178 e. The summed E-state index contributed by atoms with van der Waals surface area (Å²) in [6.45, 7) is 0. The molecule has 3 aromatic rings. The largest absolute Gasteiger partial charge is 0.493 e. The van der Waals surface area contributed by atoms with E-state index in [4.69, 9.17) is 20.8 Å². The molecule has 2 nitrogen and oxygen atoms in total. The van der Waals surface area contributed by atoms with Crippen molar-refractivity contribution in [2.24, 2.45) is 0 Å². The smallest absolute Gasteiger partial charge is 0.178 e. The SMILES string of the molecule is COc1ccc(Br)c2c1oc1cccc(Cl)c12. The molecule has 0 fully saturated rings. The summed E-state index contributed by atoms with van der Waals surface area (Å²) in [7, 11) is 1.62. The molecule has 0 atom stereocenters. The standard InChI is InChI=1S/C13H8BrClO2/c1-16-10-6-5-7(14)11-12-8(15)3-2-4-9(12)17-13(10)11/h2-6H,1H3. The fraction of sp³-hybridized carbons (Fsp3) is 0.0769. The molecular formula is C13H8BrClO2. The second-order valence-electron chi connectivity index (χ2n) is 3.67. The van der Waals surface area contributed by atoms with Crippen molar-refractivity contribution in [3.05, 3.63) is 39.8 Å². The Bertz CT molecular complexity index is 718. The lowest BCUT2D eigenvalue weighted by atomic mass is 10.1. The molecule has 1 aromatic heterocycles. The van der Waals surface area contributed by atoms with Crippen LogP contribution >= 0.6 is 27.5 Å². The molecule has 0 saturated carbocycles. The monoisotopic (exact) mass is 310 g/mol. The van der Waals surface area contributed by atoms with Crippen LogP contribution in [0.1, 0.15) is 0 Å². The van der Waals surface area contributed by atoms with Crippen molar-refractivity contribution in [2.75, 3.05) is 7.11 Å². The predicted molar refractivity (Wildman–Crippen MR) is 73.0 cm³/mol. The van der Waals surface area contributed by atoms with Crippen LogP contribution in [-0.2, 0) is 0 Å². The van der Waals surface area contributed by atoms with Gasteiger partial charge in [-0.15, -0.1) is 0 Å². The quantitative estimate of drug-likeness (QED) is 0.630. The minimum atomic E-state index is 0.676. The van der Waals surface area contributed by atoms with E-state index < -0.39 is 0 Å². The van der Waals surface area contributed by atoms with Gasteiger partial charge >= 0.3 is 0 Å². The number of methoxy groups -OCH3 is 1. The van der Waals surface area contributed by atoms with Gasteiger partial charge in [-0.2, -0.15) is 0 Å². The van der Waals surface area contributed by atoms with Crippen LogP contribution < -0.4 is 4.74 Å². The summed E-state index contributed by atoms with van der Waals surface area (Å²) in [5.41, 5.74) is 1.47. The zero-order chi connectivity index (χ0) is 12.0. The van der Waals surface area contributed by atoms with Crippen molar-refractivity contribution in [3.63, 3.8) is 0 Å². The van der Waals surface area contributed by atoms with E-state index >= 15 is 0 Å². The highest BCUT2D eigenvalue weighted by Crippen LogP contribution is 2.41. The molecule has 3 rings (SSSR count). The van der Waals surface area contributed by atoms with E-state index in [1.54, 1.807) is 7.11 Å². The van der Waals surface area contributed by atoms with E-state index in [1.165, 1.54) is 0 Å². The summed E-state index contributed by atoms with van der Waals surface area (Å²) < 4.78 is 12.0. The zero-order valence-corrected chi connectivity index (χ0v) is 11.3. The van der Waals surface area contributed by atoms with E-state index in [1.807, 2.05) is 30.3 Å². The number of hydrogen-bond acceptors (Lipinski definition) is 2. The lowest BCUT2D eigenvalue weighted by Crippen LogP contribution is -1.82. The molecule has 17 heavy (non-hydrogen) atoms. The van der Waals surface area contributed by atoms with Gasteiger partial charge in [-0.25, -0.2) is 0 Å². The molecular weight excluding hydrogens is 303 g/mol. The van der Waals surface area contributed by atoms with E-state index in [9.17, 15) is 0 Å². The molecule has 0 aliphatic carbocycles. The Kier molecular flexibility index (Phi) is 2.53. The minimum Gasteiger partial charge on any atom is -0.493 e. The van der Waals surface area contributed by atoms with Crippen LogP contribution in [0.4, 0.5) is 0 Å². The van der Waals surface area contributed by atoms with E-state index in [-0.39, 0.29) is 0 Å². The predicted octanol–water partition coefficient (Wildman–Crippen LogP) is 5.01. The number of fused-ring (bicyclic) bond motifs is 3. The summed E-state index contributed by atoms with van der Waals surface area (Å²) in [6, 6.07) is 9.41. The highest BCUT2D eigenvalue weighted by atomic mass is 79.9. The average molecular weight is 312 g/mol. The van der Waals surface area contributed by atoms with Crippen LogP contribution in [-0.4, -0.2) is 7.11 Å². The van der Waals surface area contributed by atoms with Gasteiger partial charge in [0.2, 0.25) is 0 Å². The second kappa shape index (κ2) is 3.93. The van der Waals surface area contributed by atoms with Gasteiger partial charge in [0.25, 0.3) is 0 Å². The Labute approximate surface area is 111 Å². The minimum absolute atomic E-state index is 0.676. The molecule has 0 unspecified atom stereocenters. The van der Waals surface area contributed by atoms with Crippen LogP contribution in [0.15, 0.2) is 39.2 Å². The van der Waals surface area contributed by atoms with Crippen LogP contribution in [0.2, 0.25) is 5.02 Å². The van der Waals surface area contributed by atoms with Crippen molar-refractivity contribution in [3.8, 4) is 5.75 Å². The maximum absolute atomic E-state index is 6.22. The van der Waals surface area contributed by atoms with Crippen LogP contribution in [0.3, 0.4) is 0 Å². The van der Waals surface area contributed by atoms with Crippen molar-refractivity contribution in [2.45, 2.75) is 0 Å². The second-order valence-corrected chi connectivity index (χ2v) is 4.93. The van der Waals surface area contributed by atoms with Gasteiger partial charge in [0.15, 0.2) is 11.3 Å². The molecule has 0 radical (unpaired) electrons. The van der Waals surface area contributed by atoms with Gasteiger partial charge in [-0.3, -0.25) is 0 Å². The number of ether oxygens (including phenoxy) is 1. The Hall–Kier alpha value is -1.19. The van der Waals surface area contributed by atoms with Crippen LogP contribution in [0.25, 0.3) is 21.9 Å². The zero-order valence-electron chi connectivity index (χ0n) is 8.96. The average Bonchev–Trinajstić information content (AvgIpc) is 2.71. The van der Waals surface area contributed by atoms with Crippen LogP contribution in [0, 0.1) is 0 Å². The molecule has 2 aromatic carbocycles. The number of hydrogen-bond donors (Lipinski definition) is 0. The highest BCUT2D eigenvalue weighted by molar-refractivity contribution is 9.10. The van der Waals surface area contributed by atoms with Gasteiger partial charge in [-0.05, 0) is 24.3 Å². The van der Waals surface area contributed by atoms with E-state index in [0.717, 1.165) is 20.8 Å². The van der Waals surface area contributed by atoms with Gasteiger partial charge in [0, 0.05) is 15.2 Å². The summed E-state index contributed by atoms with van der Waals surface area (Å²) in [6.07, 6.45) is 0. The van der Waals surface area contributed by atoms with Gasteiger partial charge in [0.05, 0.1) is 12.1 Å². The fourth-order valence-electron chi connectivity index (χ4n) is 1.98. The first-order valence-corrected chi connectivity index (χ1v) is 6.22. The first kappa shape index (κ1) is 10.9. The molecule has 0 saturated heterocycles. The van der Waals surface area contributed by atoms with Crippen molar-refractivity contribution in [1.29, 1.82) is 0 Å². The number of benzene rings is 2. The lowest BCUT2D eigenvalue weighted by molar-refractivity contribution is 0.412. The van der Waals surface area contributed by atoms with Crippen LogP contribution in [0.5, 0.6) is 5.75 Å². The molecule has 0 aliphatic heterocycles. The van der Waals surface area contributed by atoms with Crippen molar-refractivity contribution >= 4 is 49.5 Å². The topological polar surface area (TPSA) is 22.4 Å². The summed E-state index contributed by atoms with van der Waals surface area (Å²) >= 11 is 9.74. The maximum atomic E-state index is 6.22. The lowest BCUT2D eigenvalue weighted by Gasteiger charge is -2.01. The van der Waals surface area contributed by atoms with Gasteiger partial charge < -0.3 is 9.15 Å². The molecule has 0 amide bonds. The third-order valence-electron chi connectivity index (χ3n) is 2.73.